The number of hydrogen-bond acceptors (Lipinski definition) is 3. The largest absolute Gasteiger partial charge is 0.478 e. The van der Waals surface area contributed by atoms with Crippen molar-refractivity contribution in [2.75, 3.05) is 16.8 Å². The molecular formula is C12H13IN2O3S. The van der Waals surface area contributed by atoms with E-state index < -0.39 is 5.97 Å². The van der Waals surface area contributed by atoms with Gasteiger partial charge in [0, 0.05) is 21.1 Å². The minimum absolute atomic E-state index is 0.165. The summed E-state index contributed by atoms with van der Waals surface area (Å²) in [7, 11) is 0. The van der Waals surface area contributed by atoms with Crippen LogP contribution in [0, 0.1) is 3.57 Å². The van der Waals surface area contributed by atoms with Crippen LogP contribution in [0.5, 0.6) is 0 Å². The van der Waals surface area contributed by atoms with Crippen LogP contribution in [0.25, 0.3) is 0 Å². The zero-order valence-corrected chi connectivity index (χ0v) is 13.0. The van der Waals surface area contributed by atoms with E-state index in [-0.39, 0.29) is 17.6 Å². The summed E-state index contributed by atoms with van der Waals surface area (Å²) in [6.07, 6.45) is 0.977. The molecule has 0 saturated carbocycles. The van der Waals surface area contributed by atoms with Crippen molar-refractivity contribution in [3.05, 3.63) is 27.3 Å². The normalized spacial score (nSPS) is 18.1. The first-order valence-electron chi connectivity index (χ1n) is 5.74. The summed E-state index contributed by atoms with van der Waals surface area (Å²) < 4.78 is 0.768. The summed E-state index contributed by atoms with van der Waals surface area (Å²) in [5, 5.41) is 14.5. The second kappa shape index (κ2) is 6.47. The van der Waals surface area contributed by atoms with Gasteiger partial charge in [0.15, 0.2) is 0 Å². The van der Waals surface area contributed by atoms with E-state index in [9.17, 15) is 9.59 Å². The molecule has 0 bridgehead atoms. The molecule has 3 N–H and O–H groups in total. The van der Waals surface area contributed by atoms with Crippen LogP contribution in [0.3, 0.4) is 0 Å². The Morgan fingerprint density at radius 3 is 2.79 bits per heavy atom. The number of benzene rings is 1. The van der Waals surface area contributed by atoms with Gasteiger partial charge in [-0.05, 0) is 53.0 Å². The van der Waals surface area contributed by atoms with E-state index in [0.717, 1.165) is 21.5 Å². The third-order valence-corrected chi connectivity index (χ3v) is 4.45. The number of halogens is 1. The third kappa shape index (κ3) is 4.27. The van der Waals surface area contributed by atoms with Crippen LogP contribution in [0.15, 0.2) is 18.2 Å². The van der Waals surface area contributed by atoms with E-state index in [2.05, 4.69) is 10.6 Å². The predicted octanol–water partition coefficient (Wildman–Crippen LogP) is 2.62. The first-order valence-corrected chi connectivity index (χ1v) is 7.97. The average Bonchev–Trinajstić information content (AvgIpc) is 2.80. The Labute approximate surface area is 128 Å². The highest BCUT2D eigenvalue weighted by Gasteiger charge is 2.17. The van der Waals surface area contributed by atoms with Gasteiger partial charge in [0.1, 0.15) is 0 Å². The second-order valence-corrected chi connectivity index (χ2v) is 6.59. The molecule has 0 aromatic heterocycles. The molecule has 7 heteroatoms. The van der Waals surface area contributed by atoms with Crippen molar-refractivity contribution < 1.29 is 14.7 Å². The molecule has 0 spiro atoms. The van der Waals surface area contributed by atoms with Crippen LogP contribution < -0.4 is 10.6 Å². The fourth-order valence-electron chi connectivity index (χ4n) is 1.79. The van der Waals surface area contributed by atoms with Gasteiger partial charge < -0.3 is 15.7 Å². The van der Waals surface area contributed by atoms with Gasteiger partial charge in [-0.3, -0.25) is 0 Å². The molecule has 1 atom stereocenters. The molecule has 0 radical (unpaired) electrons. The molecule has 102 valence electrons. The highest BCUT2D eigenvalue weighted by Crippen LogP contribution is 2.19. The molecule has 1 fully saturated rings. The summed E-state index contributed by atoms with van der Waals surface area (Å²) in [4.78, 5) is 22.7. The number of urea groups is 1. The smallest absolute Gasteiger partial charge is 0.335 e. The standard InChI is InChI=1S/C12H13IN2O3S/c13-8-3-7(11(16)17)4-10(5-8)15-12(18)14-9-1-2-19-6-9/h3-5,9H,1-2,6H2,(H,16,17)(H2,14,15,18). The molecule has 2 amide bonds. The molecule has 19 heavy (non-hydrogen) atoms. The number of thioether (sulfide) groups is 1. The van der Waals surface area contributed by atoms with E-state index in [1.807, 2.05) is 34.4 Å². The first-order chi connectivity index (χ1) is 9.04. The molecule has 1 unspecified atom stereocenters. The lowest BCUT2D eigenvalue weighted by molar-refractivity contribution is 0.0697. The fraction of sp³-hybridized carbons (Fsp3) is 0.333. The number of aromatic carboxylic acids is 1. The van der Waals surface area contributed by atoms with E-state index in [1.54, 1.807) is 12.1 Å². The number of hydrogen-bond donors (Lipinski definition) is 3. The molecule has 1 aliphatic rings. The first kappa shape index (κ1) is 14.4. The van der Waals surface area contributed by atoms with Gasteiger partial charge in [-0.1, -0.05) is 0 Å². The quantitative estimate of drug-likeness (QED) is 0.692. The molecule has 1 aromatic rings. The topological polar surface area (TPSA) is 78.4 Å². The Morgan fingerprint density at radius 1 is 1.37 bits per heavy atom. The van der Waals surface area contributed by atoms with Crippen molar-refractivity contribution in [3.8, 4) is 0 Å². The van der Waals surface area contributed by atoms with Crippen molar-refractivity contribution in [2.24, 2.45) is 0 Å². The van der Waals surface area contributed by atoms with Crippen molar-refractivity contribution in [3.63, 3.8) is 0 Å². The molecule has 1 heterocycles. The van der Waals surface area contributed by atoms with E-state index in [4.69, 9.17) is 5.11 Å². The fourth-order valence-corrected chi connectivity index (χ4v) is 3.61. The summed E-state index contributed by atoms with van der Waals surface area (Å²) in [6, 6.07) is 4.65. The van der Waals surface area contributed by atoms with Crippen LogP contribution in [-0.2, 0) is 0 Å². The molecule has 1 saturated heterocycles. The molecule has 2 rings (SSSR count). The van der Waals surface area contributed by atoms with E-state index >= 15 is 0 Å². The maximum Gasteiger partial charge on any atom is 0.335 e. The van der Waals surface area contributed by atoms with Crippen molar-refractivity contribution >= 4 is 52.0 Å². The molecule has 0 aliphatic carbocycles. The van der Waals surface area contributed by atoms with E-state index in [0.29, 0.717) is 5.69 Å². The number of carbonyl (C=O) groups is 2. The highest BCUT2D eigenvalue weighted by molar-refractivity contribution is 14.1. The summed E-state index contributed by atoms with van der Waals surface area (Å²) in [5.74, 6) is 0.992. The Morgan fingerprint density at radius 2 is 2.16 bits per heavy atom. The minimum atomic E-state index is -1.01. The van der Waals surface area contributed by atoms with Gasteiger partial charge in [0.05, 0.1) is 5.56 Å². The maximum absolute atomic E-state index is 11.8. The monoisotopic (exact) mass is 392 g/mol. The maximum atomic E-state index is 11.8. The Kier molecular flexibility index (Phi) is 4.92. The van der Waals surface area contributed by atoms with Gasteiger partial charge in [-0.15, -0.1) is 0 Å². The second-order valence-electron chi connectivity index (χ2n) is 4.19. The van der Waals surface area contributed by atoms with Gasteiger partial charge >= 0.3 is 12.0 Å². The summed E-state index contributed by atoms with van der Waals surface area (Å²) in [6.45, 7) is 0. The number of nitrogens with one attached hydrogen (secondary N) is 2. The number of rotatable bonds is 3. The van der Waals surface area contributed by atoms with Gasteiger partial charge in [-0.2, -0.15) is 11.8 Å². The number of amides is 2. The van der Waals surface area contributed by atoms with Crippen LogP contribution in [-0.4, -0.2) is 34.7 Å². The van der Waals surface area contributed by atoms with Crippen LogP contribution in [0.4, 0.5) is 10.5 Å². The Balaban J connectivity index is 2.01. The zero-order valence-electron chi connectivity index (χ0n) is 9.98. The minimum Gasteiger partial charge on any atom is -0.478 e. The number of carboxylic acid groups (broad SMARTS) is 1. The Bertz CT molecular complexity index is 504. The van der Waals surface area contributed by atoms with Crippen LogP contribution in [0.1, 0.15) is 16.8 Å². The van der Waals surface area contributed by atoms with E-state index in [1.165, 1.54) is 6.07 Å². The van der Waals surface area contributed by atoms with Crippen LogP contribution in [0.2, 0.25) is 0 Å². The zero-order chi connectivity index (χ0) is 13.8. The van der Waals surface area contributed by atoms with Crippen LogP contribution >= 0.6 is 34.4 Å². The van der Waals surface area contributed by atoms with Crippen molar-refractivity contribution in [2.45, 2.75) is 12.5 Å². The van der Waals surface area contributed by atoms with Crippen molar-refractivity contribution in [1.29, 1.82) is 0 Å². The molecular weight excluding hydrogens is 379 g/mol. The number of carbonyl (C=O) groups excluding carboxylic acids is 1. The molecule has 1 aliphatic heterocycles. The predicted molar refractivity (Wildman–Crippen MR) is 84.0 cm³/mol. The van der Waals surface area contributed by atoms with Gasteiger partial charge in [0.2, 0.25) is 0 Å². The lowest BCUT2D eigenvalue weighted by atomic mass is 10.2. The number of anilines is 1. The van der Waals surface area contributed by atoms with Gasteiger partial charge in [0.25, 0.3) is 0 Å². The number of carboxylic acids is 1. The SMILES string of the molecule is O=C(Nc1cc(I)cc(C(=O)O)c1)NC1CCSC1. The van der Waals surface area contributed by atoms with Crippen molar-refractivity contribution in [1.82, 2.24) is 5.32 Å². The lowest BCUT2D eigenvalue weighted by Gasteiger charge is -2.13. The highest BCUT2D eigenvalue weighted by atomic mass is 127. The summed E-state index contributed by atoms with van der Waals surface area (Å²) in [5.41, 5.74) is 0.658. The molecule has 1 aromatic carbocycles. The summed E-state index contributed by atoms with van der Waals surface area (Å²) >= 11 is 3.84. The third-order valence-electron chi connectivity index (χ3n) is 2.67. The average molecular weight is 392 g/mol. The molecule has 5 nitrogen and oxygen atoms in total. The van der Waals surface area contributed by atoms with Gasteiger partial charge in [-0.25, -0.2) is 9.59 Å². The lowest BCUT2D eigenvalue weighted by Crippen LogP contribution is -2.37. The Hall–Kier alpha value is -0.960.